The summed E-state index contributed by atoms with van der Waals surface area (Å²) in [5, 5.41) is 2.98. The van der Waals surface area contributed by atoms with Crippen LogP contribution in [0, 0.1) is 0 Å². The molecule has 0 saturated carbocycles. The lowest BCUT2D eigenvalue weighted by Crippen LogP contribution is -2.53. The van der Waals surface area contributed by atoms with Crippen LogP contribution in [0.2, 0.25) is 5.02 Å². The minimum atomic E-state index is -1.83. The van der Waals surface area contributed by atoms with E-state index in [2.05, 4.69) is 17.2 Å². The molecular weight excluding hydrogens is 548 g/mol. The highest BCUT2D eigenvalue weighted by atomic mass is 35.5. The minimum Gasteiger partial charge on any atom is -0.491 e. The van der Waals surface area contributed by atoms with Gasteiger partial charge in [0.05, 0.1) is 24.8 Å². The Labute approximate surface area is 246 Å². The Morgan fingerprint density at radius 3 is 2.24 bits per heavy atom. The maximum Gasteiger partial charge on any atom is 0.418 e. The number of ether oxygens (including phenoxy) is 2. The van der Waals surface area contributed by atoms with E-state index in [1.54, 1.807) is 19.2 Å². The fourth-order valence-electron chi connectivity index (χ4n) is 4.69. The maximum atomic E-state index is 13.6. The van der Waals surface area contributed by atoms with E-state index in [0.717, 1.165) is 19.3 Å². The zero-order chi connectivity index (χ0) is 30.0. The zero-order valence-corrected chi connectivity index (χ0v) is 25.2. The van der Waals surface area contributed by atoms with Gasteiger partial charge in [-0.1, -0.05) is 76.3 Å². The highest BCUT2D eigenvalue weighted by molar-refractivity contribution is 6.31. The third kappa shape index (κ3) is 8.55. The first kappa shape index (κ1) is 32.1. The van der Waals surface area contributed by atoms with Crippen LogP contribution in [-0.4, -0.2) is 56.4 Å². The Balaban J connectivity index is 1.66. The number of Topliss-reactive ketones (excluding diaryl/α,β-unsaturated/α-hetero) is 1. The number of ketones is 1. The van der Waals surface area contributed by atoms with Gasteiger partial charge < -0.3 is 19.4 Å². The van der Waals surface area contributed by atoms with Crippen LogP contribution in [0.5, 0.6) is 5.75 Å². The van der Waals surface area contributed by atoms with Crippen LogP contribution in [0.3, 0.4) is 0 Å². The first-order chi connectivity index (χ1) is 19.6. The Bertz CT molecular complexity index is 1230. The SMILES string of the molecule is CCCCCCCCCCCCOc1ccc(Cl)cc1NC(=O)C(C(=O)c1cncn1C)N1C(=O)OC(C)(C)C1=O. The molecule has 2 heterocycles. The zero-order valence-electron chi connectivity index (χ0n) is 24.4. The quantitative estimate of drug-likeness (QED) is 0.130. The first-order valence-electron chi connectivity index (χ1n) is 14.4. The normalized spacial score (nSPS) is 15.1. The molecule has 1 aromatic heterocycles. The third-order valence-electron chi connectivity index (χ3n) is 7.05. The van der Waals surface area contributed by atoms with Gasteiger partial charge in [-0.05, 0) is 38.5 Å². The van der Waals surface area contributed by atoms with Gasteiger partial charge in [0, 0.05) is 12.1 Å². The second-order valence-electron chi connectivity index (χ2n) is 10.9. The van der Waals surface area contributed by atoms with Gasteiger partial charge in [0.25, 0.3) is 11.8 Å². The molecule has 10 nitrogen and oxygen atoms in total. The number of cyclic esters (lactones) is 1. The van der Waals surface area contributed by atoms with Crippen molar-refractivity contribution in [2.75, 3.05) is 11.9 Å². The Hall–Kier alpha value is -3.40. The molecule has 0 radical (unpaired) electrons. The van der Waals surface area contributed by atoms with Crippen LogP contribution in [0.4, 0.5) is 10.5 Å². The number of anilines is 1. The van der Waals surface area contributed by atoms with Gasteiger partial charge >= 0.3 is 6.09 Å². The number of imidazole rings is 1. The van der Waals surface area contributed by atoms with Crippen molar-refractivity contribution in [3.8, 4) is 5.75 Å². The molecule has 3 rings (SSSR count). The molecule has 0 bridgehead atoms. The maximum absolute atomic E-state index is 13.6. The molecule has 1 atom stereocenters. The molecule has 1 aliphatic rings. The summed E-state index contributed by atoms with van der Waals surface area (Å²) in [4.78, 5) is 57.3. The molecular formula is C30H41ClN4O6. The van der Waals surface area contributed by atoms with Crippen LogP contribution in [0.1, 0.15) is 95.5 Å². The summed E-state index contributed by atoms with van der Waals surface area (Å²) < 4.78 is 12.5. The van der Waals surface area contributed by atoms with Gasteiger partial charge in [-0.25, -0.2) is 14.7 Å². The molecule has 1 aliphatic heterocycles. The third-order valence-corrected chi connectivity index (χ3v) is 7.29. The molecule has 1 unspecified atom stereocenters. The number of hydrogen-bond donors (Lipinski definition) is 1. The Morgan fingerprint density at radius 1 is 1.05 bits per heavy atom. The number of rotatable bonds is 17. The lowest BCUT2D eigenvalue weighted by molar-refractivity contribution is -0.137. The fraction of sp³-hybridized carbons (Fsp3) is 0.567. The molecule has 41 heavy (non-hydrogen) atoms. The highest BCUT2D eigenvalue weighted by Gasteiger charge is 2.54. The molecule has 0 aliphatic carbocycles. The fourth-order valence-corrected chi connectivity index (χ4v) is 4.87. The Morgan fingerprint density at radius 2 is 1.68 bits per heavy atom. The van der Waals surface area contributed by atoms with Gasteiger partial charge in [-0.15, -0.1) is 0 Å². The highest BCUT2D eigenvalue weighted by Crippen LogP contribution is 2.31. The number of carbonyl (C=O) groups excluding carboxylic acids is 4. The van der Waals surface area contributed by atoms with Crippen molar-refractivity contribution in [1.29, 1.82) is 0 Å². The predicted molar refractivity (Wildman–Crippen MR) is 156 cm³/mol. The van der Waals surface area contributed by atoms with E-state index in [4.69, 9.17) is 21.1 Å². The number of hydrogen-bond acceptors (Lipinski definition) is 7. The van der Waals surface area contributed by atoms with Crippen LogP contribution in [-0.2, 0) is 21.4 Å². The topological polar surface area (TPSA) is 120 Å². The van der Waals surface area contributed by atoms with Crippen molar-refractivity contribution in [2.24, 2.45) is 7.05 Å². The number of imide groups is 1. The number of nitrogens with zero attached hydrogens (tertiary/aromatic N) is 3. The van der Waals surface area contributed by atoms with Crippen LogP contribution in [0.25, 0.3) is 0 Å². The van der Waals surface area contributed by atoms with Crippen molar-refractivity contribution in [1.82, 2.24) is 14.5 Å². The summed E-state index contributed by atoms with van der Waals surface area (Å²) >= 11 is 6.20. The number of aryl methyl sites for hydroxylation is 1. The summed E-state index contributed by atoms with van der Waals surface area (Å²) in [6.45, 7) is 5.45. The molecule has 1 saturated heterocycles. The van der Waals surface area contributed by atoms with E-state index in [1.165, 1.54) is 82.0 Å². The summed E-state index contributed by atoms with van der Waals surface area (Å²) in [6, 6.07) is 2.92. The molecule has 1 aromatic carbocycles. The van der Waals surface area contributed by atoms with E-state index in [9.17, 15) is 19.2 Å². The van der Waals surface area contributed by atoms with Crippen LogP contribution >= 0.6 is 11.6 Å². The molecule has 1 fully saturated rings. The number of carbonyl (C=O) groups is 4. The van der Waals surface area contributed by atoms with Gasteiger partial charge in [0.15, 0.2) is 11.6 Å². The number of halogens is 1. The van der Waals surface area contributed by atoms with Gasteiger partial charge in [0.1, 0.15) is 11.4 Å². The summed E-state index contributed by atoms with van der Waals surface area (Å²) in [5.74, 6) is -2.15. The summed E-state index contributed by atoms with van der Waals surface area (Å²) in [6.07, 6.45) is 13.5. The lowest BCUT2D eigenvalue weighted by atomic mass is 10.0. The monoisotopic (exact) mass is 588 g/mol. The van der Waals surface area contributed by atoms with E-state index >= 15 is 0 Å². The minimum absolute atomic E-state index is 0.0407. The van der Waals surface area contributed by atoms with Crippen LogP contribution in [0.15, 0.2) is 30.7 Å². The molecule has 2 aromatic rings. The lowest BCUT2D eigenvalue weighted by Gasteiger charge is -2.23. The van der Waals surface area contributed by atoms with Crippen molar-refractivity contribution < 1.29 is 28.7 Å². The second-order valence-corrected chi connectivity index (χ2v) is 11.3. The molecule has 3 amide bonds. The van der Waals surface area contributed by atoms with Crippen molar-refractivity contribution in [2.45, 2.75) is 96.6 Å². The number of aromatic nitrogens is 2. The van der Waals surface area contributed by atoms with E-state index in [0.29, 0.717) is 22.3 Å². The van der Waals surface area contributed by atoms with Gasteiger partial charge in [-0.2, -0.15) is 0 Å². The summed E-state index contributed by atoms with van der Waals surface area (Å²) in [5.41, 5.74) is -1.27. The summed E-state index contributed by atoms with van der Waals surface area (Å²) in [7, 11) is 1.57. The average Bonchev–Trinajstić information content (AvgIpc) is 3.43. The largest absolute Gasteiger partial charge is 0.491 e. The van der Waals surface area contributed by atoms with Crippen molar-refractivity contribution >= 4 is 41.0 Å². The first-order valence-corrected chi connectivity index (χ1v) is 14.7. The van der Waals surface area contributed by atoms with E-state index in [1.807, 2.05) is 0 Å². The number of nitrogens with one attached hydrogen (secondary N) is 1. The smallest absolute Gasteiger partial charge is 0.418 e. The number of amides is 3. The van der Waals surface area contributed by atoms with Crippen molar-refractivity contribution in [3.05, 3.63) is 41.4 Å². The van der Waals surface area contributed by atoms with Gasteiger partial charge in [0.2, 0.25) is 5.78 Å². The number of unbranched alkanes of at least 4 members (excludes halogenated alkanes) is 9. The Kier molecular flexibility index (Phi) is 11.8. The van der Waals surface area contributed by atoms with E-state index in [-0.39, 0.29) is 11.4 Å². The molecule has 0 spiro atoms. The molecule has 11 heteroatoms. The standard InChI is InChI=1S/C30H41ClN4O6/c1-5-6-7-8-9-10-11-12-13-14-17-40-24-16-15-21(31)18-22(24)33-27(37)25(26(36)23-19-32-20-34(23)4)35-28(38)30(2,3)41-29(35)39/h15-16,18-20,25H,5-14,17H2,1-4H3,(H,33,37). The molecule has 1 N–H and O–H groups in total. The van der Waals surface area contributed by atoms with Gasteiger partial charge in [-0.3, -0.25) is 14.4 Å². The van der Waals surface area contributed by atoms with E-state index < -0.39 is 35.3 Å². The molecule has 224 valence electrons. The van der Waals surface area contributed by atoms with Crippen LogP contribution < -0.4 is 10.1 Å². The number of benzene rings is 1. The second kappa shape index (κ2) is 15.0. The van der Waals surface area contributed by atoms with Crippen molar-refractivity contribution in [3.63, 3.8) is 0 Å². The predicted octanol–water partition coefficient (Wildman–Crippen LogP) is 6.32. The average molecular weight is 589 g/mol.